The quantitative estimate of drug-likeness (QED) is 0.805. The molecule has 18 heavy (non-hydrogen) atoms. The number of anilines is 1. The van der Waals surface area contributed by atoms with E-state index in [-0.39, 0.29) is 18.2 Å². The monoisotopic (exact) mass is 278 g/mol. The summed E-state index contributed by atoms with van der Waals surface area (Å²) < 4.78 is 38.8. The zero-order valence-electron chi connectivity index (χ0n) is 9.23. The third kappa shape index (κ3) is 3.04. The summed E-state index contributed by atoms with van der Waals surface area (Å²) in [5, 5.41) is 3.93. The van der Waals surface area contributed by atoms with Gasteiger partial charge in [0, 0.05) is 24.7 Å². The first kappa shape index (κ1) is 12.9. The van der Waals surface area contributed by atoms with Crippen LogP contribution in [0, 0.1) is 0 Å². The maximum absolute atomic E-state index is 12.4. The zero-order valence-corrected chi connectivity index (χ0v) is 9.99. The molecule has 0 bridgehead atoms. The average Bonchev–Trinajstić information content (AvgIpc) is 2.73. The lowest BCUT2D eigenvalue weighted by molar-refractivity contribution is -0.119. The van der Waals surface area contributed by atoms with Gasteiger partial charge in [0.15, 0.2) is 5.65 Å². The van der Waals surface area contributed by atoms with Crippen LogP contribution >= 0.6 is 11.6 Å². The van der Waals surface area contributed by atoms with Crippen LogP contribution in [0.25, 0.3) is 5.65 Å². The number of rotatable bonds is 4. The topological polar surface area (TPSA) is 33.4 Å². The largest absolute Gasteiger partial charge is 0.405 e. The highest BCUT2D eigenvalue weighted by Crippen LogP contribution is 2.21. The Labute approximate surface area is 106 Å². The second-order valence-corrected chi connectivity index (χ2v) is 4.02. The van der Waals surface area contributed by atoms with Crippen LogP contribution in [0.1, 0.15) is 0 Å². The van der Waals surface area contributed by atoms with Crippen molar-refractivity contribution in [3.8, 4) is 0 Å². The van der Waals surface area contributed by atoms with Crippen molar-refractivity contribution in [2.45, 2.75) is 6.18 Å². The Bertz CT molecular complexity index is 525. The standard InChI is InChI=1S/C10H10ClF3N4/c11-3-6-17(7-10(12,13)14)8-2-5-18-9(16-8)1-4-15-18/h1-2,4-5H,3,6-7H2. The molecule has 0 radical (unpaired) electrons. The molecule has 0 saturated carbocycles. The van der Waals surface area contributed by atoms with Gasteiger partial charge in [-0.25, -0.2) is 9.50 Å². The Morgan fingerprint density at radius 2 is 2.11 bits per heavy atom. The molecule has 0 aromatic carbocycles. The first-order chi connectivity index (χ1) is 8.49. The summed E-state index contributed by atoms with van der Waals surface area (Å²) in [6.45, 7) is -0.991. The van der Waals surface area contributed by atoms with Gasteiger partial charge in [0.05, 0.1) is 6.20 Å². The molecule has 0 aliphatic carbocycles. The molecule has 98 valence electrons. The van der Waals surface area contributed by atoms with E-state index in [2.05, 4.69) is 10.1 Å². The Hall–Kier alpha value is -1.50. The highest BCUT2D eigenvalue weighted by atomic mass is 35.5. The van der Waals surface area contributed by atoms with E-state index in [9.17, 15) is 13.2 Å². The molecule has 0 amide bonds. The minimum atomic E-state index is -4.29. The fourth-order valence-corrected chi connectivity index (χ4v) is 1.78. The molecule has 0 aliphatic heterocycles. The molecule has 2 aromatic rings. The maximum atomic E-state index is 12.4. The SMILES string of the molecule is FC(F)(F)CN(CCCl)c1ccn2nccc2n1. The van der Waals surface area contributed by atoms with Gasteiger partial charge in [-0.2, -0.15) is 18.3 Å². The van der Waals surface area contributed by atoms with Crippen molar-refractivity contribution in [1.82, 2.24) is 14.6 Å². The molecule has 0 aliphatic rings. The molecule has 0 fully saturated rings. The lowest BCUT2D eigenvalue weighted by Gasteiger charge is -2.23. The molecule has 2 rings (SSSR count). The van der Waals surface area contributed by atoms with E-state index in [1.807, 2.05) is 0 Å². The Balaban J connectivity index is 2.28. The van der Waals surface area contributed by atoms with E-state index in [1.165, 1.54) is 16.8 Å². The normalized spacial score (nSPS) is 12.0. The van der Waals surface area contributed by atoms with Crippen molar-refractivity contribution in [3.05, 3.63) is 24.5 Å². The number of hydrogen-bond acceptors (Lipinski definition) is 3. The van der Waals surface area contributed by atoms with Crippen LogP contribution in [-0.2, 0) is 0 Å². The van der Waals surface area contributed by atoms with Crippen LogP contribution in [0.2, 0.25) is 0 Å². The van der Waals surface area contributed by atoms with E-state index >= 15 is 0 Å². The summed E-state index contributed by atoms with van der Waals surface area (Å²) >= 11 is 5.52. The first-order valence-corrected chi connectivity index (χ1v) is 5.71. The molecule has 2 heterocycles. The van der Waals surface area contributed by atoms with Gasteiger partial charge in [-0.15, -0.1) is 11.6 Å². The molecule has 0 spiro atoms. The number of fused-ring (bicyclic) bond motifs is 1. The van der Waals surface area contributed by atoms with Gasteiger partial charge in [-0.1, -0.05) is 0 Å². The average molecular weight is 279 g/mol. The molecular formula is C10H10ClF3N4. The molecule has 0 unspecified atom stereocenters. The number of nitrogens with zero attached hydrogens (tertiary/aromatic N) is 4. The fraction of sp³-hybridized carbons (Fsp3) is 0.400. The Morgan fingerprint density at radius 1 is 1.33 bits per heavy atom. The summed E-state index contributed by atoms with van der Waals surface area (Å²) in [6.07, 6.45) is -1.20. The van der Waals surface area contributed by atoms with Crippen LogP contribution < -0.4 is 4.90 Å². The third-order valence-electron chi connectivity index (χ3n) is 2.29. The number of alkyl halides is 4. The van der Waals surface area contributed by atoms with E-state index in [4.69, 9.17) is 11.6 Å². The van der Waals surface area contributed by atoms with E-state index in [0.29, 0.717) is 5.65 Å². The lowest BCUT2D eigenvalue weighted by Crippen LogP contribution is -2.36. The number of aromatic nitrogens is 3. The second kappa shape index (κ2) is 5.01. The smallest absolute Gasteiger partial charge is 0.346 e. The van der Waals surface area contributed by atoms with E-state index in [1.54, 1.807) is 12.3 Å². The number of halogens is 4. The van der Waals surface area contributed by atoms with Crippen molar-refractivity contribution in [1.29, 1.82) is 0 Å². The van der Waals surface area contributed by atoms with E-state index in [0.717, 1.165) is 4.90 Å². The summed E-state index contributed by atoms with van der Waals surface area (Å²) in [5.41, 5.74) is 0.495. The van der Waals surface area contributed by atoms with Gasteiger partial charge < -0.3 is 4.90 Å². The van der Waals surface area contributed by atoms with Gasteiger partial charge in [0.1, 0.15) is 12.4 Å². The van der Waals surface area contributed by atoms with Crippen molar-refractivity contribution in [2.24, 2.45) is 0 Å². The minimum absolute atomic E-state index is 0.0817. The van der Waals surface area contributed by atoms with Crippen LogP contribution in [0.4, 0.5) is 19.0 Å². The summed E-state index contributed by atoms with van der Waals surface area (Å²) in [4.78, 5) is 5.20. The van der Waals surface area contributed by atoms with Crippen LogP contribution in [0.5, 0.6) is 0 Å². The third-order valence-corrected chi connectivity index (χ3v) is 2.46. The van der Waals surface area contributed by atoms with Crippen molar-refractivity contribution >= 4 is 23.1 Å². The molecule has 8 heteroatoms. The van der Waals surface area contributed by atoms with Gasteiger partial charge in [0.25, 0.3) is 0 Å². The predicted octanol–water partition coefficient (Wildman–Crippen LogP) is 2.34. The maximum Gasteiger partial charge on any atom is 0.405 e. The second-order valence-electron chi connectivity index (χ2n) is 3.65. The van der Waals surface area contributed by atoms with Gasteiger partial charge in [0.2, 0.25) is 0 Å². The highest BCUT2D eigenvalue weighted by molar-refractivity contribution is 6.18. The highest BCUT2D eigenvalue weighted by Gasteiger charge is 2.31. The summed E-state index contributed by atoms with van der Waals surface area (Å²) in [7, 11) is 0. The van der Waals surface area contributed by atoms with Crippen LogP contribution in [0.3, 0.4) is 0 Å². The minimum Gasteiger partial charge on any atom is -0.346 e. The van der Waals surface area contributed by atoms with Crippen molar-refractivity contribution in [2.75, 3.05) is 23.9 Å². The molecule has 4 nitrogen and oxygen atoms in total. The number of hydrogen-bond donors (Lipinski definition) is 0. The molecule has 0 N–H and O–H groups in total. The lowest BCUT2D eigenvalue weighted by atomic mass is 10.4. The van der Waals surface area contributed by atoms with Crippen LogP contribution in [-0.4, -0.2) is 39.7 Å². The first-order valence-electron chi connectivity index (χ1n) is 5.18. The van der Waals surface area contributed by atoms with Crippen molar-refractivity contribution in [3.63, 3.8) is 0 Å². The van der Waals surface area contributed by atoms with E-state index < -0.39 is 12.7 Å². The zero-order chi connectivity index (χ0) is 13.2. The Morgan fingerprint density at radius 3 is 2.78 bits per heavy atom. The summed E-state index contributed by atoms with van der Waals surface area (Å²) in [6, 6.07) is 3.11. The molecule has 0 atom stereocenters. The van der Waals surface area contributed by atoms with Gasteiger partial charge in [-0.05, 0) is 6.07 Å². The molecule has 2 aromatic heterocycles. The van der Waals surface area contributed by atoms with Gasteiger partial charge >= 0.3 is 6.18 Å². The molecule has 0 saturated heterocycles. The summed E-state index contributed by atoms with van der Waals surface area (Å²) in [5.74, 6) is 0.336. The van der Waals surface area contributed by atoms with Crippen LogP contribution in [0.15, 0.2) is 24.5 Å². The van der Waals surface area contributed by atoms with Gasteiger partial charge in [-0.3, -0.25) is 0 Å². The molecular weight excluding hydrogens is 269 g/mol. The predicted molar refractivity (Wildman–Crippen MR) is 62.0 cm³/mol. The van der Waals surface area contributed by atoms with Crippen molar-refractivity contribution < 1.29 is 13.2 Å². The fourth-order valence-electron chi connectivity index (χ4n) is 1.57. The Kier molecular flexibility index (Phi) is 3.60.